The van der Waals surface area contributed by atoms with Crippen molar-refractivity contribution < 1.29 is 9.90 Å². The van der Waals surface area contributed by atoms with Crippen molar-refractivity contribution in [3.63, 3.8) is 0 Å². The summed E-state index contributed by atoms with van der Waals surface area (Å²) >= 11 is 0. The maximum atomic E-state index is 12.3. The van der Waals surface area contributed by atoms with Crippen LogP contribution in [0.1, 0.15) is 56.3 Å². The lowest BCUT2D eigenvalue weighted by Gasteiger charge is -2.12. The highest BCUT2D eigenvalue weighted by Gasteiger charge is 2.22. The highest BCUT2D eigenvalue weighted by molar-refractivity contribution is 5.70. The molecule has 0 atom stereocenters. The van der Waals surface area contributed by atoms with E-state index in [1.165, 1.54) is 23.4 Å². The molecule has 6 heteroatoms. The van der Waals surface area contributed by atoms with Gasteiger partial charge in [0.05, 0.1) is 12.1 Å². The third-order valence-electron chi connectivity index (χ3n) is 4.38. The van der Waals surface area contributed by atoms with Gasteiger partial charge in [0, 0.05) is 30.3 Å². The molecule has 118 valence electrons. The molecule has 6 nitrogen and oxygen atoms in total. The van der Waals surface area contributed by atoms with Gasteiger partial charge in [-0.1, -0.05) is 19.8 Å². The molecular formula is C16H21N3O3. The first kappa shape index (κ1) is 14.8. The predicted molar refractivity (Wildman–Crippen MR) is 82.3 cm³/mol. The second-order valence-corrected chi connectivity index (χ2v) is 6.02. The van der Waals surface area contributed by atoms with Gasteiger partial charge in [-0.25, -0.2) is 0 Å². The minimum atomic E-state index is -0.927. The number of nitrogens with zero attached hydrogens (tertiary/aromatic N) is 3. The predicted octanol–water partition coefficient (Wildman–Crippen LogP) is 2.19. The summed E-state index contributed by atoms with van der Waals surface area (Å²) in [4.78, 5) is 23.3. The Morgan fingerprint density at radius 3 is 2.73 bits per heavy atom. The number of hydrogen-bond acceptors (Lipinski definition) is 3. The van der Waals surface area contributed by atoms with Gasteiger partial charge in [-0.15, -0.1) is 0 Å². The minimum absolute atomic E-state index is 0.143. The highest BCUT2D eigenvalue weighted by Crippen LogP contribution is 2.33. The maximum absolute atomic E-state index is 12.3. The zero-order chi connectivity index (χ0) is 15.7. The third-order valence-corrected chi connectivity index (χ3v) is 4.38. The maximum Gasteiger partial charge on any atom is 0.309 e. The fourth-order valence-corrected chi connectivity index (χ4v) is 3.38. The van der Waals surface area contributed by atoms with E-state index in [0.29, 0.717) is 23.8 Å². The molecule has 2 aromatic rings. The molecule has 0 aliphatic heterocycles. The molecule has 0 saturated heterocycles. The summed E-state index contributed by atoms with van der Waals surface area (Å²) in [5, 5.41) is 13.6. The van der Waals surface area contributed by atoms with Crippen molar-refractivity contribution >= 4 is 11.6 Å². The SMILES string of the molecule is CCCn1c(CC(=O)O)cc(=O)n2nc(C3CCCC3)cc12. The van der Waals surface area contributed by atoms with Gasteiger partial charge in [-0.3, -0.25) is 9.59 Å². The van der Waals surface area contributed by atoms with E-state index in [4.69, 9.17) is 5.11 Å². The first-order valence-electron chi connectivity index (χ1n) is 7.94. The molecule has 2 heterocycles. The lowest BCUT2D eigenvalue weighted by molar-refractivity contribution is -0.136. The van der Waals surface area contributed by atoms with Gasteiger partial charge >= 0.3 is 5.97 Å². The van der Waals surface area contributed by atoms with Gasteiger partial charge in [-0.2, -0.15) is 9.61 Å². The molecule has 2 aromatic heterocycles. The fourth-order valence-electron chi connectivity index (χ4n) is 3.38. The summed E-state index contributed by atoms with van der Waals surface area (Å²) < 4.78 is 3.34. The number of aliphatic carboxylic acids is 1. The van der Waals surface area contributed by atoms with Crippen LogP contribution in [-0.4, -0.2) is 25.3 Å². The lowest BCUT2D eigenvalue weighted by atomic mass is 10.0. The molecule has 0 radical (unpaired) electrons. The fraction of sp³-hybridized carbons (Fsp3) is 0.562. The lowest BCUT2D eigenvalue weighted by Crippen LogP contribution is -2.22. The smallest absolute Gasteiger partial charge is 0.309 e. The van der Waals surface area contributed by atoms with E-state index in [-0.39, 0.29) is 12.0 Å². The molecular weight excluding hydrogens is 282 g/mol. The second kappa shape index (κ2) is 5.94. The number of aromatic nitrogens is 3. The van der Waals surface area contributed by atoms with Gasteiger partial charge in [0.15, 0.2) is 0 Å². The number of hydrogen-bond donors (Lipinski definition) is 1. The Balaban J connectivity index is 2.15. The van der Waals surface area contributed by atoms with Crippen LogP contribution in [-0.2, 0) is 17.8 Å². The highest BCUT2D eigenvalue weighted by atomic mass is 16.4. The van der Waals surface area contributed by atoms with Gasteiger partial charge in [-0.05, 0) is 19.3 Å². The van der Waals surface area contributed by atoms with E-state index < -0.39 is 5.97 Å². The van der Waals surface area contributed by atoms with Gasteiger partial charge in [0.1, 0.15) is 5.65 Å². The Labute approximate surface area is 128 Å². The van der Waals surface area contributed by atoms with E-state index >= 15 is 0 Å². The summed E-state index contributed by atoms with van der Waals surface area (Å²) in [5.41, 5.74) is 1.98. The van der Waals surface area contributed by atoms with Crippen molar-refractivity contribution in [3.05, 3.63) is 33.9 Å². The number of aryl methyl sites for hydroxylation is 1. The summed E-state index contributed by atoms with van der Waals surface area (Å²) in [6.45, 7) is 2.72. The van der Waals surface area contributed by atoms with Crippen molar-refractivity contribution in [3.8, 4) is 0 Å². The van der Waals surface area contributed by atoms with Crippen molar-refractivity contribution in [2.75, 3.05) is 0 Å². The zero-order valence-corrected chi connectivity index (χ0v) is 12.8. The van der Waals surface area contributed by atoms with Crippen LogP contribution < -0.4 is 5.56 Å². The first-order chi connectivity index (χ1) is 10.6. The number of carbonyl (C=O) groups is 1. The Bertz CT molecular complexity index is 754. The van der Waals surface area contributed by atoms with E-state index in [2.05, 4.69) is 5.10 Å². The van der Waals surface area contributed by atoms with E-state index in [0.717, 1.165) is 25.0 Å². The van der Waals surface area contributed by atoms with Crippen LogP contribution in [0.3, 0.4) is 0 Å². The van der Waals surface area contributed by atoms with Gasteiger partial charge in [0.25, 0.3) is 5.56 Å². The van der Waals surface area contributed by atoms with Crippen LogP contribution in [0.5, 0.6) is 0 Å². The average molecular weight is 303 g/mol. The molecule has 1 aliphatic carbocycles. The summed E-state index contributed by atoms with van der Waals surface area (Å²) in [6.07, 6.45) is 5.39. The quantitative estimate of drug-likeness (QED) is 0.918. The van der Waals surface area contributed by atoms with Crippen LogP contribution in [0.15, 0.2) is 16.9 Å². The molecule has 1 saturated carbocycles. The van der Waals surface area contributed by atoms with Crippen molar-refractivity contribution in [1.82, 2.24) is 14.2 Å². The molecule has 3 rings (SSSR count). The van der Waals surface area contributed by atoms with Crippen LogP contribution in [0.2, 0.25) is 0 Å². The first-order valence-corrected chi connectivity index (χ1v) is 7.94. The summed E-state index contributed by atoms with van der Waals surface area (Å²) in [5.74, 6) is -0.499. The van der Waals surface area contributed by atoms with E-state index in [1.54, 1.807) is 0 Å². The summed E-state index contributed by atoms with van der Waals surface area (Å²) in [7, 11) is 0. The number of fused-ring (bicyclic) bond motifs is 1. The Morgan fingerprint density at radius 2 is 2.09 bits per heavy atom. The minimum Gasteiger partial charge on any atom is -0.481 e. The molecule has 0 spiro atoms. The van der Waals surface area contributed by atoms with Crippen molar-refractivity contribution in [2.24, 2.45) is 0 Å². The monoisotopic (exact) mass is 303 g/mol. The standard InChI is InChI=1S/C16H21N3O3/c1-2-7-18-12(9-16(21)22)8-15(20)19-14(18)10-13(17-19)11-5-3-4-6-11/h8,10-11H,2-7,9H2,1H3,(H,21,22). The second-order valence-electron chi connectivity index (χ2n) is 6.02. The molecule has 0 bridgehead atoms. The van der Waals surface area contributed by atoms with E-state index in [9.17, 15) is 9.59 Å². The molecule has 0 aromatic carbocycles. The molecule has 0 unspecified atom stereocenters. The van der Waals surface area contributed by atoms with E-state index in [1.807, 2.05) is 17.6 Å². The normalized spacial score (nSPS) is 15.7. The van der Waals surface area contributed by atoms with Crippen molar-refractivity contribution in [1.29, 1.82) is 0 Å². The van der Waals surface area contributed by atoms with Crippen LogP contribution in [0.25, 0.3) is 5.65 Å². The largest absolute Gasteiger partial charge is 0.481 e. The zero-order valence-electron chi connectivity index (χ0n) is 12.8. The molecule has 0 amide bonds. The Kier molecular flexibility index (Phi) is 4.00. The number of rotatable bonds is 5. The van der Waals surface area contributed by atoms with Crippen LogP contribution in [0, 0.1) is 0 Å². The third kappa shape index (κ3) is 2.65. The molecule has 1 aliphatic rings. The van der Waals surface area contributed by atoms with Gasteiger partial charge in [0.2, 0.25) is 0 Å². The van der Waals surface area contributed by atoms with Crippen LogP contribution >= 0.6 is 0 Å². The average Bonchev–Trinajstić information content (AvgIpc) is 3.11. The Hall–Kier alpha value is -2.11. The Morgan fingerprint density at radius 1 is 1.36 bits per heavy atom. The number of carboxylic acid groups (broad SMARTS) is 1. The van der Waals surface area contributed by atoms with Crippen molar-refractivity contribution in [2.45, 2.75) is 57.9 Å². The molecule has 1 N–H and O–H groups in total. The summed E-state index contributed by atoms with van der Waals surface area (Å²) in [6, 6.07) is 3.38. The molecule has 22 heavy (non-hydrogen) atoms. The van der Waals surface area contributed by atoms with Gasteiger partial charge < -0.3 is 9.67 Å². The van der Waals surface area contributed by atoms with Crippen LogP contribution in [0.4, 0.5) is 0 Å². The number of carboxylic acids is 1. The molecule has 1 fully saturated rings. The topological polar surface area (TPSA) is 76.6 Å².